The van der Waals surface area contributed by atoms with Crippen LogP contribution in [0.25, 0.3) is 11.4 Å². The minimum Gasteiger partial charge on any atom is -0.356 e. The van der Waals surface area contributed by atoms with Crippen LogP contribution >= 0.6 is 0 Å². The maximum Gasteiger partial charge on any atom is 0.241 e. The van der Waals surface area contributed by atoms with Crippen molar-refractivity contribution in [2.75, 3.05) is 19.6 Å². The van der Waals surface area contributed by atoms with E-state index < -0.39 is 0 Å². The van der Waals surface area contributed by atoms with Gasteiger partial charge in [0.1, 0.15) is 0 Å². The van der Waals surface area contributed by atoms with Crippen LogP contribution < -0.4 is 5.32 Å². The summed E-state index contributed by atoms with van der Waals surface area (Å²) >= 11 is 0. The molecule has 6 heteroatoms. The molecule has 1 saturated carbocycles. The highest BCUT2D eigenvalue weighted by Gasteiger charge is 2.28. The molecule has 1 N–H and O–H groups in total. The van der Waals surface area contributed by atoms with Crippen LogP contribution in [-0.4, -0.2) is 40.6 Å². The van der Waals surface area contributed by atoms with Crippen molar-refractivity contribution in [3.8, 4) is 11.4 Å². The van der Waals surface area contributed by atoms with Gasteiger partial charge >= 0.3 is 0 Å². The second kappa shape index (κ2) is 7.35. The highest BCUT2D eigenvalue weighted by Crippen LogP contribution is 2.28. The number of carbonyl (C=O) groups is 1. The summed E-state index contributed by atoms with van der Waals surface area (Å²) in [5, 5.41) is 7.18. The molecular formula is C19H24N4O2. The summed E-state index contributed by atoms with van der Waals surface area (Å²) in [6, 6.07) is 9.82. The molecule has 0 radical (unpaired) electrons. The van der Waals surface area contributed by atoms with Gasteiger partial charge in [0.15, 0.2) is 0 Å². The van der Waals surface area contributed by atoms with E-state index >= 15 is 0 Å². The van der Waals surface area contributed by atoms with Gasteiger partial charge in [-0.3, -0.25) is 9.69 Å². The smallest absolute Gasteiger partial charge is 0.241 e. The first kappa shape index (κ1) is 16.3. The second-order valence-electron chi connectivity index (χ2n) is 7.14. The number of likely N-dealkylation sites (tertiary alicyclic amines) is 1. The number of piperidine rings is 1. The predicted molar refractivity (Wildman–Crippen MR) is 93.5 cm³/mol. The highest BCUT2D eigenvalue weighted by atomic mass is 16.5. The van der Waals surface area contributed by atoms with E-state index in [1.54, 1.807) is 0 Å². The Labute approximate surface area is 147 Å². The molecule has 2 heterocycles. The Morgan fingerprint density at radius 2 is 2.08 bits per heavy atom. The van der Waals surface area contributed by atoms with Gasteiger partial charge in [-0.2, -0.15) is 4.98 Å². The minimum absolute atomic E-state index is 0.0732. The first-order valence-electron chi connectivity index (χ1n) is 9.16. The Kier molecular flexibility index (Phi) is 4.78. The topological polar surface area (TPSA) is 71.3 Å². The van der Waals surface area contributed by atoms with Crippen molar-refractivity contribution in [1.29, 1.82) is 0 Å². The third-order valence-electron chi connectivity index (χ3n) is 5.00. The fourth-order valence-corrected chi connectivity index (χ4v) is 3.34. The zero-order valence-corrected chi connectivity index (χ0v) is 14.4. The average Bonchev–Trinajstić information content (AvgIpc) is 3.38. The Balaban J connectivity index is 1.32. The molecule has 0 bridgehead atoms. The average molecular weight is 340 g/mol. The second-order valence-corrected chi connectivity index (χ2v) is 7.14. The fourth-order valence-electron chi connectivity index (χ4n) is 3.34. The third kappa shape index (κ3) is 4.25. The number of amides is 1. The molecule has 132 valence electrons. The summed E-state index contributed by atoms with van der Waals surface area (Å²) in [5.41, 5.74) is 0.952. The summed E-state index contributed by atoms with van der Waals surface area (Å²) < 4.78 is 5.40. The standard InChI is InChI=1S/C19H24N4O2/c24-19(20-11-14-8-9-14)16-7-4-10-23(12-16)13-17-21-18(22-25-17)15-5-2-1-3-6-15/h1-3,5-6,14,16H,4,7-13H2,(H,20,24)/t16-/m0/s1. The molecule has 1 aliphatic heterocycles. The lowest BCUT2D eigenvalue weighted by molar-refractivity contribution is -0.126. The predicted octanol–water partition coefficient (Wildman–Crippen LogP) is 2.47. The Hall–Kier alpha value is -2.21. The number of rotatable bonds is 6. The first-order chi connectivity index (χ1) is 12.3. The molecular weight excluding hydrogens is 316 g/mol. The van der Waals surface area contributed by atoms with Crippen LogP contribution in [0.15, 0.2) is 34.9 Å². The van der Waals surface area contributed by atoms with Crippen LogP contribution in [0.5, 0.6) is 0 Å². The number of nitrogens with one attached hydrogen (secondary N) is 1. The molecule has 1 aliphatic carbocycles. The monoisotopic (exact) mass is 340 g/mol. The zero-order valence-electron chi connectivity index (χ0n) is 14.4. The van der Waals surface area contributed by atoms with E-state index in [1.807, 2.05) is 30.3 Å². The van der Waals surface area contributed by atoms with Crippen LogP contribution in [0.4, 0.5) is 0 Å². The lowest BCUT2D eigenvalue weighted by Crippen LogP contribution is -2.43. The summed E-state index contributed by atoms with van der Waals surface area (Å²) in [5.74, 6) is 2.22. The number of hydrogen-bond donors (Lipinski definition) is 1. The largest absolute Gasteiger partial charge is 0.356 e. The maximum absolute atomic E-state index is 12.3. The van der Waals surface area contributed by atoms with Crippen LogP contribution in [-0.2, 0) is 11.3 Å². The Morgan fingerprint density at radius 1 is 1.24 bits per heavy atom. The van der Waals surface area contributed by atoms with Gasteiger partial charge in [-0.25, -0.2) is 0 Å². The van der Waals surface area contributed by atoms with Crippen LogP contribution in [0.2, 0.25) is 0 Å². The van der Waals surface area contributed by atoms with E-state index in [9.17, 15) is 4.79 Å². The van der Waals surface area contributed by atoms with Gasteiger partial charge in [0, 0.05) is 18.7 Å². The maximum atomic E-state index is 12.3. The number of nitrogens with zero attached hydrogens (tertiary/aromatic N) is 3. The van der Waals surface area contributed by atoms with Crippen molar-refractivity contribution in [2.24, 2.45) is 11.8 Å². The molecule has 0 spiro atoms. The summed E-state index contributed by atoms with van der Waals surface area (Å²) in [7, 11) is 0. The van der Waals surface area contributed by atoms with Crippen LogP contribution in [0.1, 0.15) is 31.6 Å². The summed E-state index contributed by atoms with van der Waals surface area (Å²) in [4.78, 5) is 19.1. The van der Waals surface area contributed by atoms with Gasteiger partial charge < -0.3 is 9.84 Å². The van der Waals surface area contributed by atoms with Gasteiger partial charge in [0.2, 0.25) is 17.6 Å². The van der Waals surface area contributed by atoms with E-state index in [1.165, 1.54) is 12.8 Å². The Bertz CT molecular complexity index is 711. The zero-order chi connectivity index (χ0) is 17.1. The number of hydrogen-bond acceptors (Lipinski definition) is 5. The highest BCUT2D eigenvalue weighted by molar-refractivity contribution is 5.79. The molecule has 1 saturated heterocycles. The summed E-state index contributed by atoms with van der Waals surface area (Å²) in [6.07, 6.45) is 4.52. The molecule has 6 nitrogen and oxygen atoms in total. The van der Waals surface area contributed by atoms with Crippen molar-refractivity contribution >= 4 is 5.91 Å². The van der Waals surface area contributed by atoms with Crippen molar-refractivity contribution in [1.82, 2.24) is 20.4 Å². The normalized spacial score (nSPS) is 21.2. The minimum atomic E-state index is 0.0732. The molecule has 25 heavy (non-hydrogen) atoms. The van der Waals surface area contributed by atoms with Crippen molar-refractivity contribution in [2.45, 2.75) is 32.2 Å². The first-order valence-corrected chi connectivity index (χ1v) is 9.16. The molecule has 1 atom stereocenters. The van der Waals surface area contributed by atoms with Gasteiger partial charge in [0.25, 0.3) is 0 Å². The van der Waals surface area contributed by atoms with Crippen LogP contribution in [0, 0.1) is 11.8 Å². The molecule has 1 aromatic carbocycles. The fraction of sp³-hybridized carbons (Fsp3) is 0.526. The molecule has 2 aromatic rings. The molecule has 2 aliphatic rings. The van der Waals surface area contributed by atoms with E-state index in [4.69, 9.17) is 4.52 Å². The van der Waals surface area contributed by atoms with E-state index in [0.717, 1.165) is 44.0 Å². The van der Waals surface area contributed by atoms with E-state index in [-0.39, 0.29) is 11.8 Å². The number of aromatic nitrogens is 2. The van der Waals surface area contributed by atoms with Gasteiger partial charge in [0.05, 0.1) is 12.5 Å². The lowest BCUT2D eigenvalue weighted by atomic mass is 9.97. The van der Waals surface area contributed by atoms with Gasteiger partial charge in [-0.15, -0.1) is 0 Å². The van der Waals surface area contributed by atoms with Crippen molar-refractivity contribution in [3.63, 3.8) is 0 Å². The number of carbonyl (C=O) groups excluding carboxylic acids is 1. The SMILES string of the molecule is O=C(NCC1CC1)[C@H]1CCCN(Cc2nc(-c3ccccc3)no2)C1. The third-order valence-corrected chi connectivity index (χ3v) is 5.00. The lowest BCUT2D eigenvalue weighted by Gasteiger charge is -2.30. The summed E-state index contributed by atoms with van der Waals surface area (Å²) in [6.45, 7) is 3.18. The van der Waals surface area contributed by atoms with Gasteiger partial charge in [-0.05, 0) is 38.1 Å². The molecule has 4 rings (SSSR count). The van der Waals surface area contributed by atoms with Crippen molar-refractivity contribution in [3.05, 3.63) is 36.2 Å². The quantitative estimate of drug-likeness (QED) is 0.875. The van der Waals surface area contributed by atoms with Crippen molar-refractivity contribution < 1.29 is 9.32 Å². The molecule has 0 unspecified atom stereocenters. The molecule has 1 amide bonds. The van der Waals surface area contributed by atoms with Gasteiger partial charge in [-0.1, -0.05) is 35.5 Å². The van der Waals surface area contributed by atoms with E-state index in [0.29, 0.717) is 18.3 Å². The van der Waals surface area contributed by atoms with Crippen LogP contribution in [0.3, 0.4) is 0 Å². The Morgan fingerprint density at radius 3 is 2.88 bits per heavy atom. The molecule has 2 fully saturated rings. The van der Waals surface area contributed by atoms with E-state index in [2.05, 4.69) is 20.4 Å². The molecule has 1 aromatic heterocycles. The number of benzene rings is 1.